The van der Waals surface area contributed by atoms with E-state index in [4.69, 9.17) is 0 Å². The summed E-state index contributed by atoms with van der Waals surface area (Å²) in [5.41, 5.74) is 0. The van der Waals surface area contributed by atoms with E-state index < -0.39 is 5.82 Å². The van der Waals surface area contributed by atoms with Gasteiger partial charge in [-0.1, -0.05) is 0 Å². The number of hydrogen-bond donors (Lipinski definition) is 2. The highest BCUT2D eigenvalue weighted by Crippen LogP contribution is 2.12. The number of aromatic nitrogens is 2. The van der Waals surface area contributed by atoms with Crippen molar-refractivity contribution in [2.45, 2.75) is 19.8 Å². The van der Waals surface area contributed by atoms with Crippen LogP contribution in [0.5, 0.6) is 0 Å². The maximum absolute atomic E-state index is 13.5. The fourth-order valence-electron chi connectivity index (χ4n) is 2.07. The van der Waals surface area contributed by atoms with Crippen LogP contribution in [0, 0.1) is 5.82 Å². The van der Waals surface area contributed by atoms with E-state index in [1.54, 1.807) is 0 Å². The highest BCUT2D eigenvalue weighted by atomic mass is 19.1. The van der Waals surface area contributed by atoms with E-state index in [0.717, 1.165) is 26.2 Å². The van der Waals surface area contributed by atoms with Gasteiger partial charge in [0, 0.05) is 19.6 Å². The zero-order valence-corrected chi connectivity index (χ0v) is 10.7. The summed E-state index contributed by atoms with van der Waals surface area (Å²) in [6, 6.07) is 0. The van der Waals surface area contributed by atoms with Crippen LogP contribution in [0.3, 0.4) is 0 Å². The minimum absolute atomic E-state index is 0.278. The van der Waals surface area contributed by atoms with Gasteiger partial charge < -0.3 is 15.5 Å². The van der Waals surface area contributed by atoms with Crippen LogP contribution in [0.2, 0.25) is 0 Å². The molecule has 2 heterocycles. The fourth-order valence-corrected chi connectivity index (χ4v) is 2.07. The molecular formula is C12H20FN5. The summed E-state index contributed by atoms with van der Waals surface area (Å²) in [4.78, 5) is 10.3. The average molecular weight is 253 g/mol. The van der Waals surface area contributed by atoms with Gasteiger partial charge in [0.15, 0.2) is 11.6 Å². The first-order chi connectivity index (χ1) is 8.79. The maximum Gasteiger partial charge on any atom is 0.224 e. The molecule has 100 valence electrons. The van der Waals surface area contributed by atoms with E-state index >= 15 is 0 Å². The molecule has 0 saturated carbocycles. The van der Waals surface area contributed by atoms with Crippen molar-refractivity contribution >= 4 is 11.8 Å². The first-order valence-electron chi connectivity index (χ1n) is 6.52. The van der Waals surface area contributed by atoms with Gasteiger partial charge in [0.05, 0.1) is 6.20 Å². The summed E-state index contributed by atoms with van der Waals surface area (Å²) in [5.74, 6) is 0.334. The van der Waals surface area contributed by atoms with Gasteiger partial charge in [-0.2, -0.15) is 4.98 Å². The smallest absolute Gasteiger partial charge is 0.224 e. The van der Waals surface area contributed by atoms with Gasteiger partial charge >= 0.3 is 0 Å². The zero-order valence-electron chi connectivity index (χ0n) is 10.7. The van der Waals surface area contributed by atoms with Crippen molar-refractivity contribution in [3.8, 4) is 0 Å². The molecule has 0 aliphatic carbocycles. The van der Waals surface area contributed by atoms with Crippen molar-refractivity contribution in [2.75, 3.05) is 43.4 Å². The molecule has 0 atom stereocenters. The molecule has 0 radical (unpaired) electrons. The molecule has 0 unspecified atom stereocenters. The normalized spacial score (nSPS) is 15.9. The van der Waals surface area contributed by atoms with Crippen LogP contribution < -0.4 is 10.6 Å². The fraction of sp³-hybridized carbons (Fsp3) is 0.667. The second kappa shape index (κ2) is 6.49. The molecule has 1 aromatic rings. The highest BCUT2D eigenvalue weighted by molar-refractivity contribution is 5.40. The standard InChI is InChI=1S/C12H20FN5/c1-2-14-12-16-9-10(13)11(17-12)15-5-8-18-6-3-4-7-18/h9H,2-8H2,1H3,(H2,14,15,16,17). The van der Waals surface area contributed by atoms with Crippen LogP contribution in [0.25, 0.3) is 0 Å². The third-order valence-corrected chi connectivity index (χ3v) is 3.00. The predicted molar refractivity (Wildman–Crippen MR) is 70.3 cm³/mol. The minimum atomic E-state index is -0.405. The summed E-state index contributed by atoms with van der Waals surface area (Å²) in [5, 5.41) is 6.00. The van der Waals surface area contributed by atoms with Crippen molar-refractivity contribution in [1.82, 2.24) is 14.9 Å². The van der Waals surface area contributed by atoms with Crippen molar-refractivity contribution in [2.24, 2.45) is 0 Å². The molecular weight excluding hydrogens is 233 g/mol. The van der Waals surface area contributed by atoms with Crippen LogP contribution >= 0.6 is 0 Å². The van der Waals surface area contributed by atoms with E-state index in [1.165, 1.54) is 19.0 Å². The van der Waals surface area contributed by atoms with Gasteiger partial charge in [0.2, 0.25) is 5.95 Å². The summed E-state index contributed by atoms with van der Waals surface area (Å²) in [6.07, 6.45) is 3.74. The number of likely N-dealkylation sites (tertiary alicyclic amines) is 1. The molecule has 0 aromatic carbocycles. The maximum atomic E-state index is 13.5. The Bertz CT molecular complexity index is 379. The van der Waals surface area contributed by atoms with Gasteiger partial charge in [0.1, 0.15) is 0 Å². The predicted octanol–water partition coefficient (Wildman–Crippen LogP) is 1.56. The first kappa shape index (κ1) is 13.0. The molecule has 1 aliphatic rings. The second-order valence-electron chi connectivity index (χ2n) is 4.40. The van der Waals surface area contributed by atoms with E-state index in [2.05, 4.69) is 25.5 Å². The van der Waals surface area contributed by atoms with Crippen LogP contribution in [-0.4, -0.2) is 47.6 Å². The number of hydrogen-bond acceptors (Lipinski definition) is 5. The van der Waals surface area contributed by atoms with Crippen LogP contribution in [0.15, 0.2) is 6.20 Å². The van der Waals surface area contributed by atoms with Gasteiger partial charge in [-0.3, -0.25) is 0 Å². The molecule has 2 N–H and O–H groups in total. The Morgan fingerprint density at radius 3 is 2.83 bits per heavy atom. The number of rotatable bonds is 6. The van der Waals surface area contributed by atoms with Crippen LogP contribution in [-0.2, 0) is 0 Å². The zero-order chi connectivity index (χ0) is 12.8. The van der Waals surface area contributed by atoms with Crippen molar-refractivity contribution < 1.29 is 4.39 Å². The average Bonchev–Trinajstić information content (AvgIpc) is 2.86. The lowest BCUT2D eigenvalue weighted by Crippen LogP contribution is -2.26. The van der Waals surface area contributed by atoms with Gasteiger partial charge in [0.25, 0.3) is 0 Å². The highest BCUT2D eigenvalue weighted by Gasteiger charge is 2.11. The van der Waals surface area contributed by atoms with E-state index in [0.29, 0.717) is 12.5 Å². The molecule has 2 rings (SSSR count). The Balaban J connectivity index is 1.85. The van der Waals surface area contributed by atoms with Gasteiger partial charge in [-0.15, -0.1) is 0 Å². The summed E-state index contributed by atoms with van der Waals surface area (Å²) < 4.78 is 13.5. The molecule has 0 spiro atoms. The topological polar surface area (TPSA) is 53.1 Å². The molecule has 0 bridgehead atoms. The van der Waals surface area contributed by atoms with E-state index in [-0.39, 0.29) is 5.82 Å². The Morgan fingerprint density at radius 1 is 1.33 bits per heavy atom. The van der Waals surface area contributed by atoms with Crippen molar-refractivity contribution in [1.29, 1.82) is 0 Å². The number of nitrogens with zero attached hydrogens (tertiary/aromatic N) is 3. The Labute approximate surface area is 107 Å². The molecule has 18 heavy (non-hydrogen) atoms. The Morgan fingerprint density at radius 2 is 2.11 bits per heavy atom. The third kappa shape index (κ3) is 3.53. The lowest BCUT2D eigenvalue weighted by Gasteiger charge is -2.15. The second-order valence-corrected chi connectivity index (χ2v) is 4.40. The summed E-state index contributed by atoms with van der Waals surface area (Å²) in [6.45, 7) is 6.61. The quantitative estimate of drug-likeness (QED) is 0.805. The molecule has 1 saturated heterocycles. The molecule has 1 aliphatic heterocycles. The Kier molecular flexibility index (Phi) is 4.69. The van der Waals surface area contributed by atoms with Crippen molar-refractivity contribution in [3.05, 3.63) is 12.0 Å². The minimum Gasteiger partial charge on any atom is -0.366 e. The summed E-state index contributed by atoms with van der Waals surface area (Å²) in [7, 11) is 0. The van der Waals surface area contributed by atoms with Crippen LogP contribution in [0.1, 0.15) is 19.8 Å². The van der Waals surface area contributed by atoms with Crippen molar-refractivity contribution in [3.63, 3.8) is 0 Å². The monoisotopic (exact) mass is 253 g/mol. The Hall–Kier alpha value is -1.43. The number of nitrogens with one attached hydrogen (secondary N) is 2. The molecule has 0 amide bonds. The van der Waals surface area contributed by atoms with Gasteiger partial charge in [-0.25, -0.2) is 9.37 Å². The largest absolute Gasteiger partial charge is 0.366 e. The van der Waals surface area contributed by atoms with E-state index in [9.17, 15) is 4.39 Å². The van der Waals surface area contributed by atoms with E-state index in [1.807, 2.05) is 6.92 Å². The molecule has 1 fully saturated rings. The van der Waals surface area contributed by atoms with Gasteiger partial charge in [-0.05, 0) is 32.9 Å². The third-order valence-electron chi connectivity index (χ3n) is 3.00. The molecule has 6 heteroatoms. The molecule has 5 nitrogen and oxygen atoms in total. The molecule has 1 aromatic heterocycles. The lowest BCUT2D eigenvalue weighted by molar-refractivity contribution is 0.352. The number of halogens is 1. The SMILES string of the molecule is CCNc1ncc(F)c(NCCN2CCCC2)n1. The summed E-state index contributed by atoms with van der Waals surface area (Å²) >= 11 is 0. The first-order valence-corrected chi connectivity index (χ1v) is 6.52. The lowest BCUT2D eigenvalue weighted by atomic mass is 10.4. The van der Waals surface area contributed by atoms with Crippen LogP contribution in [0.4, 0.5) is 16.2 Å². The number of anilines is 2.